The number of hydrogen-bond donors (Lipinski definition) is 2. The van der Waals surface area contributed by atoms with Crippen molar-refractivity contribution in [3.63, 3.8) is 0 Å². The molecule has 1 aromatic heterocycles. The van der Waals surface area contributed by atoms with Crippen molar-refractivity contribution in [3.8, 4) is 0 Å². The van der Waals surface area contributed by atoms with Crippen molar-refractivity contribution in [2.24, 2.45) is 0 Å². The lowest BCUT2D eigenvalue weighted by Crippen LogP contribution is -2.30. The molecule has 1 aromatic rings. The van der Waals surface area contributed by atoms with E-state index < -0.39 is 0 Å². The molecule has 1 aliphatic carbocycles. The maximum atomic E-state index is 6.00. The first-order valence-corrected chi connectivity index (χ1v) is 6.13. The molecule has 16 heavy (non-hydrogen) atoms. The summed E-state index contributed by atoms with van der Waals surface area (Å²) in [5.41, 5.74) is 0.725. The van der Waals surface area contributed by atoms with Crippen LogP contribution < -0.4 is 10.6 Å². The van der Waals surface area contributed by atoms with Gasteiger partial charge >= 0.3 is 0 Å². The van der Waals surface area contributed by atoms with Gasteiger partial charge in [0.05, 0.1) is 15.7 Å². The van der Waals surface area contributed by atoms with Gasteiger partial charge in [-0.25, -0.2) is 4.98 Å². The van der Waals surface area contributed by atoms with Crippen LogP contribution in [0.15, 0.2) is 6.07 Å². The third-order valence-electron chi connectivity index (χ3n) is 2.25. The van der Waals surface area contributed by atoms with Crippen LogP contribution in [-0.4, -0.2) is 16.1 Å². The first kappa shape index (κ1) is 11.9. The summed E-state index contributed by atoms with van der Waals surface area (Å²) < 4.78 is 0. The second kappa shape index (κ2) is 4.73. The van der Waals surface area contributed by atoms with Gasteiger partial charge in [-0.05, 0) is 38.0 Å². The molecule has 0 aliphatic heterocycles. The molecular weight excluding hydrogens is 265 g/mol. The van der Waals surface area contributed by atoms with Crippen LogP contribution >= 0.6 is 35.4 Å². The molecule has 0 atom stereocenters. The Morgan fingerprint density at radius 2 is 2.12 bits per heavy atom. The molecular formula is C10H11Cl2N3S. The largest absolute Gasteiger partial charge is 0.360 e. The fourth-order valence-electron chi connectivity index (χ4n) is 1.20. The van der Waals surface area contributed by atoms with E-state index in [1.54, 1.807) is 6.07 Å². The number of thiocarbonyl (C=S) groups is 1. The number of anilines is 1. The topological polar surface area (TPSA) is 37.0 Å². The van der Waals surface area contributed by atoms with E-state index in [0.717, 1.165) is 5.69 Å². The summed E-state index contributed by atoms with van der Waals surface area (Å²) in [5, 5.41) is 7.70. The summed E-state index contributed by atoms with van der Waals surface area (Å²) in [4.78, 5) is 4.24. The predicted octanol–water partition coefficient (Wildman–Crippen LogP) is 3.15. The average Bonchev–Trinajstić information content (AvgIpc) is 2.98. The Morgan fingerprint density at radius 1 is 1.44 bits per heavy atom. The Morgan fingerprint density at radius 3 is 2.75 bits per heavy atom. The van der Waals surface area contributed by atoms with Gasteiger partial charge in [0.25, 0.3) is 0 Å². The summed E-state index contributed by atoms with van der Waals surface area (Å²) in [6.45, 7) is 1.82. The Hall–Kier alpha value is -0.580. The van der Waals surface area contributed by atoms with E-state index in [9.17, 15) is 0 Å². The highest BCUT2D eigenvalue weighted by molar-refractivity contribution is 7.80. The molecule has 0 radical (unpaired) electrons. The third kappa shape index (κ3) is 2.97. The minimum Gasteiger partial charge on any atom is -0.360 e. The maximum absolute atomic E-state index is 6.00. The van der Waals surface area contributed by atoms with Crippen LogP contribution in [0, 0.1) is 6.92 Å². The zero-order chi connectivity index (χ0) is 11.7. The molecule has 0 spiro atoms. The van der Waals surface area contributed by atoms with Crippen molar-refractivity contribution < 1.29 is 0 Å². The molecule has 6 heteroatoms. The van der Waals surface area contributed by atoms with Gasteiger partial charge in [-0.2, -0.15) is 0 Å². The molecule has 0 amide bonds. The SMILES string of the molecule is Cc1nc(NC(=S)NC2CC2)c(Cl)cc1Cl. The quantitative estimate of drug-likeness (QED) is 0.814. The number of nitrogens with one attached hydrogen (secondary N) is 2. The second-order valence-corrected chi connectivity index (χ2v) is 4.98. The molecule has 86 valence electrons. The molecule has 0 aromatic carbocycles. The molecule has 1 fully saturated rings. The molecule has 3 nitrogen and oxygen atoms in total. The Balaban J connectivity index is 2.07. The summed E-state index contributed by atoms with van der Waals surface area (Å²) in [6, 6.07) is 2.17. The summed E-state index contributed by atoms with van der Waals surface area (Å²) in [5.74, 6) is 0.543. The molecule has 2 N–H and O–H groups in total. The van der Waals surface area contributed by atoms with Crippen molar-refractivity contribution in [2.45, 2.75) is 25.8 Å². The first-order chi connectivity index (χ1) is 7.56. The van der Waals surface area contributed by atoms with E-state index in [-0.39, 0.29) is 0 Å². The van der Waals surface area contributed by atoms with Crippen LogP contribution in [0.5, 0.6) is 0 Å². The molecule has 0 saturated heterocycles. The van der Waals surface area contributed by atoms with Gasteiger partial charge in [-0.3, -0.25) is 0 Å². The summed E-state index contributed by atoms with van der Waals surface area (Å²) in [6.07, 6.45) is 2.34. The minimum absolute atomic E-state index is 0.468. The van der Waals surface area contributed by atoms with Gasteiger partial charge in [0.2, 0.25) is 0 Å². The highest BCUT2D eigenvalue weighted by atomic mass is 35.5. The number of aromatic nitrogens is 1. The van der Waals surface area contributed by atoms with Crippen molar-refractivity contribution >= 4 is 46.4 Å². The highest BCUT2D eigenvalue weighted by Crippen LogP contribution is 2.26. The number of nitrogens with zero attached hydrogens (tertiary/aromatic N) is 1. The second-order valence-electron chi connectivity index (χ2n) is 3.76. The Labute approximate surface area is 110 Å². The summed E-state index contributed by atoms with van der Waals surface area (Å²) in [7, 11) is 0. The first-order valence-electron chi connectivity index (χ1n) is 4.96. The van der Waals surface area contributed by atoms with E-state index >= 15 is 0 Å². The smallest absolute Gasteiger partial charge is 0.172 e. The fraction of sp³-hybridized carbons (Fsp3) is 0.400. The lowest BCUT2D eigenvalue weighted by Gasteiger charge is -2.11. The molecule has 1 saturated carbocycles. The van der Waals surface area contributed by atoms with E-state index in [4.69, 9.17) is 35.4 Å². The van der Waals surface area contributed by atoms with Crippen molar-refractivity contribution in [2.75, 3.05) is 5.32 Å². The van der Waals surface area contributed by atoms with E-state index in [0.29, 0.717) is 27.0 Å². The van der Waals surface area contributed by atoms with Crippen LogP contribution in [0.1, 0.15) is 18.5 Å². The highest BCUT2D eigenvalue weighted by Gasteiger charge is 2.22. The van der Waals surface area contributed by atoms with E-state index in [1.807, 2.05) is 6.92 Å². The van der Waals surface area contributed by atoms with Crippen LogP contribution in [0.4, 0.5) is 5.82 Å². The van der Waals surface area contributed by atoms with Crippen molar-refractivity contribution in [1.29, 1.82) is 0 Å². The standard InChI is InChI=1S/C10H11Cl2N3S/c1-5-7(11)4-8(12)9(13-5)15-10(16)14-6-2-3-6/h4,6H,2-3H2,1H3,(H2,13,14,15,16). The number of hydrogen-bond acceptors (Lipinski definition) is 2. The minimum atomic E-state index is 0.468. The van der Waals surface area contributed by atoms with E-state index in [2.05, 4.69) is 15.6 Å². The van der Waals surface area contributed by atoms with Crippen molar-refractivity contribution in [1.82, 2.24) is 10.3 Å². The van der Waals surface area contributed by atoms with Gasteiger partial charge in [0.1, 0.15) is 0 Å². The zero-order valence-electron chi connectivity index (χ0n) is 8.68. The normalized spacial score (nSPS) is 14.7. The van der Waals surface area contributed by atoms with Crippen LogP contribution in [0.2, 0.25) is 10.0 Å². The predicted molar refractivity (Wildman–Crippen MR) is 71.4 cm³/mol. The summed E-state index contributed by atoms with van der Waals surface area (Å²) >= 11 is 17.0. The lowest BCUT2D eigenvalue weighted by molar-refractivity contribution is 0.918. The molecule has 1 aliphatic rings. The van der Waals surface area contributed by atoms with Gasteiger partial charge in [-0.1, -0.05) is 23.2 Å². The van der Waals surface area contributed by atoms with Crippen molar-refractivity contribution in [3.05, 3.63) is 21.8 Å². The average molecular weight is 276 g/mol. The van der Waals surface area contributed by atoms with Gasteiger partial charge in [0.15, 0.2) is 10.9 Å². The number of aryl methyl sites for hydroxylation is 1. The number of pyridine rings is 1. The van der Waals surface area contributed by atoms with Crippen LogP contribution in [-0.2, 0) is 0 Å². The van der Waals surface area contributed by atoms with Crippen LogP contribution in [0.3, 0.4) is 0 Å². The van der Waals surface area contributed by atoms with E-state index in [1.165, 1.54) is 12.8 Å². The molecule has 0 unspecified atom stereocenters. The molecule has 0 bridgehead atoms. The number of rotatable bonds is 2. The number of halogens is 2. The Kier molecular flexibility index (Phi) is 3.52. The Bertz CT molecular complexity index is 432. The zero-order valence-corrected chi connectivity index (χ0v) is 11.0. The monoisotopic (exact) mass is 275 g/mol. The van der Waals surface area contributed by atoms with Gasteiger partial charge in [-0.15, -0.1) is 0 Å². The molecule has 2 rings (SSSR count). The van der Waals surface area contributed by atoms with Crippen LogP contribution in [0.25, 0.3) is 0 Å². The lowest BCUT2D eigenvalue weighted by atomic mass is 10.3. The maximum Gasteiger partial charge on any atom is 0.172 e. The molecule has 1 heterocycles. The fourth-order valence-corrected chi connectivity index (χ4v) is 1.87. The van der Waals surface area contributed by atoms with Gasteiger partial charge < -0.3 is 10.6 Å². The third-order valence-corrected chi connectivity index (χ3v) is 3.14. The van der Waals surface area contributed by atoms with Gasteiger partial charge in [0, 0.05) is 6.04 Å².